The summed E-state index contributed by atoms with van der Waals surface area (Å²) in [5.41, 5.74) is 3.87. The van der Waals surface area contributed by atoms with Gasteiger partial charge >= 0.3 is 0 Å². The molecule has 0 heterocycles. The van der Waals surface area contributed by atoms with Crippen LogP contribution in [0.3, 0.4) is 0 Å². The molecule has 0 aliphatic carbocycles. The van der Waals surface area contributed by atoms with Crippen LogP contribution in [0.2, 0.25) is 0 Å². The number of methoxy groups -OCH3 is 1. The Labute approximate surface area is 148 Å². The van der Waals surface area contributed by atoms with Crippen molar-refractivity contribution in [2.24, 2.45) is 0 Å². The Balaban J connectivity index is 1.74. The van der Waals surface area contributed by atoms with Crippen molar-refractivity contribution < 1.29 is 9.53 Å². The zero-order valence-electron chi connectivity index (χ0n) is 14.2. The van der Waals surface area contributed by atoms with E-state index in [1.54, 1.807) is 7.11 Å². The predicted molar refractivity (Wildman–Crippen MR) is 99.9 cm³/mol. The number of benzene rings is 3. The summed E-state index contributed by atoms with van der Waals surface area (Å²) in [5, 5.41) is 3.00. The minimum Gasteiger partial charge on any atom is -0.496 e. The smallest absolute Gasteiger partial charge is 0.251 e. The van der Waals surface area contributed by atoms with Crippen molar-refractivity contribution >= 4 is 5.91 Å². The van der Waals surface area contributed by atoms with Crippen LogP contribution in [0.15, 0.2) is 78.9 Å². The zero-order valence-corrected chi connectivity index (χ0v) is 14.2. The lowest BCUT2D eigenvalue weighted by molar-refractivity contribution is 0.0950. The van der Waals surface area contributed by atoms with Crippen LogP contribution in [0.5, 0.6) is 5.75 Å². The number of carbonyl (C=O) groups is 1. The first-order valence-corrected chi connectivity index (χ1v) is 8.30. The van der Waals surface area contributed by atoms with Gasteiger partial charge in [-0.05, 0) is 29.7 Å². The van der Waals surface area contributed by atoms with E-state index in [1.807, 2.05) is 66.7 Å². The number of carbonyl (C=O) groups excluding carboxylic acids is 1. The van der Waals surface area contributed by atoms with Crippen LogP contribution in [0.25, 0.3) is 0 Å². The molecule has 3 heteroatoms. The Kier molecular flexibility index (Phi) is 5.47. The SMILES string of the molecule is COc1ccccc1CNC(=O)c1ccccc1Cc1ccccc1. The zero-order chi connectivity index (χ0) is 17.5. The summed E-state index contributed by atoms with van der Waals surface area (Å²) >= 11 is 0. The van der Waals surface area contributed by atoms with Gasteiger partial charge in [0.05, 0.1) is 7.11 Å². The maximum Gasteiger partial charge on any atom is 0.251 e. The van der Waals surface area contributed by atoms with Crippen molar-refractivity contribution in [1.82, 2.24) is 5.32 Å². The van der Waals surface area contributed by atoms with Gasteiger partial charge in [-0.2, -0.15) is 0 Å². The summed E-state index contributed by atoms with van der Waals surface area (Å²) in [6.07, 6.45) is 0.735. The predicted octanol–water partition coefficient (Wildman–Crippen LogP) is 4.22. The molecule has 25 heavy (non-hydrogen) atoms. The second-order valence-corrected chi connectivity index (χ2v) is 5.81. The van der Waals surface area contributed by atoms with Crippen molar-refractivity contribution in [3.8, 4) is 5.75 Å². The Morgan fingerprint density at radius 1 is 0.840 bits per heavy atom. The van der Waals surface area contributed by atoms with Crippen LogP contribution < -0.4 is 10.1 Å². The van der Waals surface area contributed by atoms with Gasteiger partial charge in [-0.15, -0.1) is 0 Å². The average Bonchev–Trinajstić information content (AvgIpc) is 2.67. The number of hydrogen-bond donors (Lipinski definition) is 1. The van der Waals surface area contributed by atoms with Crippen molar-refractivity contribution in [3.63, 3.8) is 0 Å². The van der Waals surface area contributed by atoms with E-state index in [1.165, 1.54) is 5.56 Å². The third-order valence-corrected chi connectivity index (χ3v) is 4.13. The lowest BCUT2D eigenvalue weighted by Gasteiger charge is -2.12. The highest BCUT2D eigenvalue weighted by Gasteiger charge is 2.12. The molecule has 1 amide bonds. The molecule has 0 saturated carbocycles. The standard InChI is InChI=1S/C22H21NO2/c1-25-21-14-8-6-12-19(21)16-23-22(24)20-13-7-5-11-18(20)15-17-9-3-2-4-10-17/h2-14H,15-16H2,1H3,(H,23,24). The number of nitrogens with one attached hydrogen (secondary N) is 1. The number of amides is 1. The second-order valence-electron chi connectivity index (χ2n) is 5.81. The third-order valence-electron chi connectivity index (χ3n) is 4.13. The second kappa shape index (κ2) is 8.15. The quantitative estimate of drug-likeness (QED) is 0.734. The number of hydrogen-bond acceptors (Lipinski definition) is 2. The minimum atomic E-state index is -0.0718. The van der Waals surface area contributed by atoms with E-state index in [0.717, 1.165) is 23.3 Å². The van der Waals surface area contributed by atoms with Gasteiger partial charge in [0.25, 0.3) is 5.91 Å². The summed E-state index contributed by atoms with van der Waals surface area (Å²) in [6.45, 7) is 0.433. The fourth-order valence-corrected chi connectivity index (χ4v) is 2.83. The van der Waals surface area contributed by atoms with E-state index in [-0.39, 0.29) is 5.91 Å². The van der Waals surface area contributed by atoms with E-state index in [2.05, 4.69) is 17.4 Å². The normalized spacial score (nSPS) is 10.3. The molecule has 0 bridgehead atoms. The van der Waals surface area contributed by atoms with E-state index < -0.39 is 0 Å². The van der Waals surface area contributed by atoms with Crippen LogP contribution in [0.4, 0.5) is 0 Å². The van der Waals surface area contributed by atoms with Crippen LogP contribution in [-0.4, -0.2) is 13.0 Å². The van der Waals surface area contributed by atoms with E-state index in [4.69, 9.17) is 4.74 Å². The molecule has 1 N–H and O–H groups in total. The van der Waals surface area contributed by atoms with Gasteiger partial charge in [0.2, 0.25) is 0 Å². The van der Waals surface area contributed by atoms with Gasteiger partial charge in [-0.1, -0.05) is 66.7 Å². The molecule has 3 aromatic rings. The fraction of sp³-hybridized carbons (Fsp3) is 0.136. The molecule has 3 nitrogen and oxygen atoms in total. The molecule has 0 fully saturated rings. The summed E-state index contributed by atoms with van der Waals surface area (Å²) in [7, 11) is 1.63. The lowest BCUT2D eigenvalue weighted by atomic mass is 9.99. The minimum absolute atomic E-state index is 0.0718. The first-order valence-electron chi connectivity index (χ1n) is 8.30. The molecule has 0 saturated heterocycles. The van der Waals surface area contributed by atoms with E-state index in [9.17, 15) is 4.79 Å². The van der Waals surface area contributed by atoms with Gasteiger partial charge in [0, 0.05) is 17.7 Å². The molecule has 3 rings (SSSR count). The summed E-state index contributed by atoms with van der Waals surface area (Å²) < 4.78 is 5.33. The molecular weight excluding hydrogens is 310 g/mol. The van der Waals surface area contributed by atoms with Gasteiger partial charge in [0.1, 0.15) is 5.75 Å². The van der Waals surface area contributed by atoms with Gasteiger partial charge in [-0.3, -0.25) is 4.79 Å². The Morgan fingerprint density at radius 2 is 1.48 bits per heavy atom. The topological polar surface area (TPSA) is 38.3 Å². The Morgan fingerprint density at radius 3 is 2.24 bits per heavy atom. The molecule has 0 aliphatic rings. The Bertz CT molecular complexity index is 843. The van der Waals surface area contributed by atoms with Crippen molar-refractivity contribution in [3.05, 3.63) is 101 Å². The van der Waals surface area contributed by atoms with E-state index >= 15 is 0 Å². The van der Waals surface area contributed by atoms with Crippen molar-refractivity contribution in [1.29, 1.82) is 0 Å². The van der Waals surface area contributed by atoms with Crippen LogP contribution in [-0.2, 0) is 13.0 Å². The van der Waals surface area contributed by atoms with Crippen LogP contribution >= 0.6 is 0 Å². The highest BCUT2D eigenvalue weighted by atomic mass is 16.5. The number of ether oxygens (including phenoxy) is 1. The molecule has 0 radical (unpaired) electrons. The lowest BCUT2D eigenvalue weighted by Crippen LogP contribution is -2.24. The van der Waals surface area contributed by atoms with Gasteiger partial charge in [0.15, 0.2) is 0 Å². The monoisotopic (exact) mass is 331 g/mol. The van der Waals surface area contributed by atoms with Gasteiger partial charge < -0.3 is 10.1 Å². The number of para-hydroxylation sites is 1. The summed E-state index contributed by atoms with van der Waals surface area (Å²) in [4.78, 5) is 12.7. The van der Waals surface area contributed by atoms with Crippen LogP contribution in [0, 0.1) is 0 Å². The first-order chi connectivity index (χ1) is 12.3. The van der Waals surface area contributed by atoms with E-state index in [0.29, 0.717) is 12.1 Å². The molecule has 0 spiro atoms. The third kappa shape index (κ3) is 4.27. The maximum atomic E-state index is 12.7. The number of rotatable bonds is 6. The molecule has 0 atom stereocenters. The molecule has 3 aromatic carbocycles. The Hall–Kier alpha value is -3.07. The molecule has 126 valence electrons. The molecule has 0 unspecified atom stereocenters. The fourth-order valence-electron chi connectivity index (χ4n) is 2.83. The summed E-state index contributed by atoms with van der Waals surface area (Å²) in [6, 6.07) is 25.6. The van der Waals surface area contributed by atoms with Crippen molar-refractivity contribution in [2.45, 2.75) is 13.0 Å². The first kappa shape index (κ1) is 16.8. The maximum absolute atomic E-state index is 12.7. The van der Waals surface area contributed by atoms with Crippen LogP contribution in [0.1, 0.15) is 27.0 Å². The molecule has 0 aromatic heterocycles. The van der Waals surface area contributed by atoms with Gasteiger partial charge in [-0.25, -0.2) is 0 Å². The highest BCUT2D eigenvalue weighted by molar-refractivity contribution is 5.95. The molecular formula is C22H21NO2. The largest absolute Gasteiger partial charge is 0.496 e. The van der Waals surface area contributed by atoms with Crippen molar-refractivity contribution in [2.75, 3.05) is 7.11 Å². The highest BCUT2D eigenvalue weighted by Crippen LogP contribution is 2.18. The molecule has 0 aliphatic heterocycles. The average molecular weight is 331 g/mol. The summed E-state index contributed by atoms with van der Waals surface area (Å²) in [5.74, 6) is 0.706.